The van der Waals surface area contributed by atoms with Crippen LogP contribution < -0.4 is 0 Å². The molecule has 2 heterocycles. The van der Waals surface area contributed by atoms with Gasteiger partial charge in [0, 0.05) is 18.3 Å². The zero-order valence-electron chi connectivity index (χ0n) is 9.95. The van der Waals surface area contributed by atoms with Gasteiger partial charge in [-0.15, -0.1) is 11.3 Å². The summed E-state index contributed by atoms with van der Waals surface area (Å²) in [5.41, 5.74) is 2.42. The van der Waals surface area contributed by atoms with Crippen molar-refractivity contribution in [3.63, 3.8) is 0 Å². The van der Waals surface area contributed by atoms with Gasteiger partial charge in [0.15, 0.2) is 0 Å². The normalized spacial score (nSPS) is 13.2. The van der Waals surface area contributed by atoms with E-state index < -0.39 is 6.10 Å². The van der Waals surface area contributed by atoms with Gasteiger partial charge in [-0.1, -0.05) is 13.8 Å². The quantitative estimate of drug-likeness (QED) is 0.879. The van der Waals surface area contributed by atoms with Gasteiger partial charge in [0.25, 0.3) is 0 Å². The van der Waals surface area contributed by atoms with Gasteiger partial charge in [-0.2, -0.15) is 5.10 Å². The fraction of sp³-hybridized carbons (Fsp3) is 0.545. The van der Waals surface area contributed by atoms with E-state index in [9.17, 15) is 5.11 Å². The van der Waals surface area contributed by atoms with Gasteiger partial charge >= 0.3 is 0 Å². The fourth-order valence-electron chi connectivity index (χ4n) is 1.61. The van der Waals surface area contributed by atoms with E-state index in [0.717, 1.165) is 12.4 Å². The van der Waals surface area contributed by atoms with Crippen molar-refractivity contribution >= 4 is 11.3 Å². The van der Waals surface area contributed by atoms with Gasteiger partial charge in [-0.05, 0) is 5.92 Å². The van der Waals surface area contributed by atoms with Crippen molar-refractivity contribution < 1.29 is 5.11 Å². The summed E-state index contributed by atoms with van der Waals surface area (Å²) in [5.74, 6) is 1.31. The highest BCUT2D eigenvalue weighted by molar-refractivity contribution is 7.07. The molecule has 0 aliphatic rings. The van der Waals surface area contributed by atoms with Crippen LogP contribution in [0.3, 0.4) is 0 Å². The second kappa shape index (κ2) is 5.37. The van der Waals surface area contributed by atoms with Crippen LogP contribution in [0.15, 0.2) is 17.2 Å². The Bertz CT molecular complexity index is 452. The molecule has 0 saturated carbocycles. The van der Waals surface area contributed by atoms with E-state index in [1.165, 1.54) is 17.7 Å². The second-order valence-electron chi connectivity index (χ2n) is 4.39. The van der Waals surface area contributed by atoms with Crippen molar-refractivity contribution in [3.8, 4) is 0 Å². The molecule has 2 aromatic rings. The van der Waals surface area contributed by atoms with Crippen molar-refractivity contribution in [1.82, 2.24) is 19.7 Å². The molecule has 0 radical (unpaired) electrons. The number of rotatable bonds is 5. The van der Waals surface area contributed by atoms with Crippen LogP contribution in [-0.2, 0) is 13.0 Å². The van der Waals surface area contributed by atoms with Crippen LogP contribution in [0.2, 0.25) is 0 Å². The molecule has 0 fully saturated rings. The molecule has 5 nitrogen and oxygen atoms in total. The molecule has 6 heteroatoms. The lowest BCUT2D eigenvalue weighted by atomic mass is 10.2. The van der Waals surface area contributed by atoms with E-state index in [0.29, 0.717) is 18.0 Å². The van der Waals surface area contributed by atoms with Crippen molar-refractivity contribution in [1.29, 1.82) is 0 Å². The summed E-state index contributed by atoms with van der Waals surface area (Å²) in [7, 11) is 0. The molecule has 0 amide bonds. The standard InChI is InChI=1S/C11H16N4OS/c1-8(2)4-15-11(12-6-14-15)3-10(16)9-5-17-7-13-9/h5-8,10,16H,3-4H2,1-2H3. The zero-order valence-corrected chi connectivity index (χ0v) is 10.8. The third-order valence-corrected chi connectivity index (χ3v) is 3.01. The number of aliphatic hydroxyl groups excluding tert-OH is 1. The molecule has 0 aliphatic carbocycles. The van der Waals surface area contributed by atoms with E-state index >= 15 is 0 Å². The van der Waals surface area contributed by atoms with Crippen LogP contribution in [0.5, 0.6) is 0 Å². The lowest BCUT2D eigenvalue weighted by molar-refractivity contribution is 0.169. The van der Waals surface area contributed by atoms with Crippen LogP contribution in [0, 0.1) is 5.92 Å². The summed E-state index contributed by atoms with van der Waals surface area (Å²) in [6.07, 6.45) is 1.39. The minimum absolute atomic E-state index is 0.455. The molecule has 2 rings (SSSR count). The lowest BCUT2D eigenvalue weighted by Gasteiger charge is -2.10. The number of hydrogen-bond acceptors (Lipinski definition) is 5. The molecular weight excluding hydrogens is 236 g/mol. The molecule has 92 valence electrons. The number of aliphatic hydroxyl groups is 1. The third-order valence-electron chi connectivity index (χ3n) is 2.40. The summed E-state index contributed by atoms with van der Waals surface area (Å²) >= 11 is 1.48. The minimum Gasteiger partial charge on any atom is -0.386 e. The summed E-state index contributed by atoms with van der Waals surface area (Å²) < 4.78 is 1.85. The summed E-state index contributed by atoms with van der Waals surface area (Å²) in [4.78, 5) is 8.28. The van der Waals surface area contributed by atoms with E-state index in [4.69, 9.17) is 0 Å². The topological polar surface area (TPSA) is 63.8 Å². The maximum atomic E-state index is 10.0. The average Bonchev–Trinajstić information content (AvgIpc) is 2.89. The maximum absolute atomic E-state index is 10.0. The molecule has 0 aliphatic heterocycles. The largest absolute Gasteiger partial charge is 0.386 e. The Hall–Kier alpha value is -1.27. The van der Waals surface area contributed by atoms with Crippen molar-refractivity contribution in [2.24, 2.45) is 5.92 Å². The van der Waals surface area contributed by atoms with Crippen LogP contribution in [0.1, 0.15) is 31.5 Å². The average molecular weight is 252 g/mol. The van der Waals surface area contributed by atoms with Crippen molar-refractivity contribution in [2.45, 2.75) is 32.9 Å². The predicted octanol–water partition coefficient (Wildman–Crippen LogP) is 1.67. The van der Waals surface area contributed by atoms with Crippen LogP contribution in [0.4, 0.5) is 0 Å². The van der Waals surface area contributed by atoms with Gasteiger partial charge in [0.1, 0.15) is 18.3 Å². The Morgan fingerprint density at radius 1 is 1.41 bits per heavy atom. The Kier molecular flexibility index (Phi) is 3.86. The molecule has 0 bridgehead atoms. The van der Waals surface area contributed by atoms with E-state index in [2.05, 4.69) is 28.9 Å². The van der Waals surface area contributed by atoms with Gasteiger partial charge in [0.2, 0.25) is 0 Å². The molecule has 0 spiro atoms. The van der Waals surface area contributed by atoms with E-state index in [1.54, 1.807) is 5.51 Å². The Morgan fingerprint density at radius 3 is 2.88 bits per heavy atom. The SMILES string of the molecule is CC(C)Cn1ncnc1CC(O)c1cscn1. The number of nitrogens with zero attached hydrogens (tertiary/aromatic N) is 4. The van der Waals surface area contributed by atoms with Crippen molar-refractivity contribution in [2.75, 3.05) is 0 Å². The zero-order chi connectivity index (χ0) is 12.3. The van der Waals surface area contributed by atoms with Crippen LogP contribution in [-0.4, -0.2) is 24.9 Å². The fourth-order valence-corrected chi connectivity index (χ4v) is 2.21. The molecule has 1 atom stereocenters. The first kappa shape index (κ1) is 12.2. The molecule has 2 aromatic heterocycles. The van der Waals surface area contributed by atoms with Gasteiger partial charge in [-0.3, -0.25) is 0 Å². The molecule has 17 heavy (non-hydrogen) atoms. The molecular formula is C11H16N4OS. The number of aromatic nitrogens is 4. The highest BCUT2D eigenvalue weighted by atomic mass is 32.1. The molecule has 1 N–H and O–H groups in total. The molecule has 0 saturated heterocycles. The first-order valence-electron chi connectivity index (χ1n) is 5.59. The Balaban J connectivity index is 2.06. The highest BCUT2D eigenvalue weighted by Crippen LogP contribution is 2.17. The van der Waals surface area contributed by atoms with Gasteiger partial charge < -0.3 is 5.11 Å². The third kappa shape index (κ3) is 3.10. The molecule has 1 unspecified atom stereocenters. The van der Waals surface area contributed by atoms with Crippen LogP contribution in [0.25, 0.3) is 0 Å². The Morgan fingerprint density at radius 2 is 2.24 bits per heavy atom. The minimum atomic E-state index is -0.601. The lowest BCUT2D eigenvalue weighted by Crippen LogP contribution is -2.13. The molecule has 0 aromatic carbocycles. The second-order valence-corrected chi connectivity index (χ2v) is 5.10. The number of hydrogen-bond donors (Lipinski definition) is 1. The van der Waals surface area contributed by atoms with Gasteiger partial charge in [-0.25, -0.2) is 14.6 Å². The predicted molar refractivity (Wildman–Crippen MR) is 65.6 cm³/mol. The van der Waals surface area contributed by atoms with E-state index in [-0.39, 0.29) is 0 Å². The summed E-state index contributed by atoms with van der Waals surface area (Å²) in [5, 5.41) is 16.0. The number of thiazole rings is 1. The highest BCUT2D eigenvalue weighted by Gasteiger charge is 2.15. The van der Waals surface area contributed by atoms with Crippen molar-refractivity contribution in [3.05, 3.63) is 28.7 Å². The monoisotopic (exact) mass is 252 g/mol. The first-order valence-corrected chi connectivity index (χ1v) is 6.54. The smallest absolute Gasteiger partial charge is 0.138 e. The first-order chi connectivity index (χ1) is 8.16. The van der Waals surface area contributed by atoms with E-state index in [1.807, 2.05) is 10.1 Å². The Labute approximate surface area is 104 Å². The summed E-state index contributed by atoms with van der Waals surface area (Å²) in [6, 6.07) is 0. The summed E-state index contributed by atoms with van der Waals surface area (Å²) in [6.45, 7) is 5.07. The van der Waals surface area contributed by atoms with Gasteiger partial charge in [0.05, 0.1) is 11.2 Å². The van der Waals surface area contributed by atoms with Crippen LogP contribution >= 0.6 is 11.3 Å². The maximum Gasteiger partial charge on any atom is 0.138 e.